The second kappa shape index (κ2) is 15.1. The van der Waals surface area contributed by atoms with Crippen molar-refractivity contribution in [3.63, 3.8) is 0 Å². The molecule has 6 N–H and O–H groups in total. The molecule has 4 heterocycles. The molecule has 2 fully saturated rings. The Morgan fingerprint density at radius 1 is 0.741 bits per heavy atom. The summed E-state index contributed by atoms with van der Waals surface area (Å²) in [4.78, 5) is 85.4. The Kier molecular flexibility index (Phi) is 9.89. The summed E-state index contributed by atoms with van der Waals surface area (Å²) in [5.74, 6) is 0.0866. The van der Waals surface area contributed by atoms with Crippen molar-refractivity contribution < 1.29 is 33.4 Å². The predicted molar refractivity (Wildman–Crippen MR) is 212 cm³/mol. The van der Waals surface area contributed by atoms with Crippen LogP contribution in [-0.2, 0) is 24.7 Å². The highest BCUT2D eigenvalue weighted by molar-refractivity contribution is 6.11. The van der Waals surface area contributed by atoms with Gasteiger partial charge in [-0.1, -0.05) is 54.6 Å². The second-order valence-corrected chi connectivity index (χ2v) is 14.9. The fourth-order valence-corrected chi connectivity index (χ4v) is 8.39. The number of hydrogen-bond donors (Lipinski definition) is 4. The lowest BCUT2D eigenvalue weighted by Gasteiger charge is -2.35. The van der Waals surface area contributed by atoms with Crippen LogP contribution in [0, 0.1) is 6.92 Å². The molecule has 2 aromatic heterocycles. The summed E-state index contributed by atoms with van der Waals surface area (Å²) in [6, 6.07) is 25.5. The summed E-state index contributed by atoms with van der Waals surface area (Å²) in [5.41, 5.74) is 14.4. The number of nitrogens with two attached hydrogens (primary N) is 2. The van der Waals surface area contributed by atoms with Gasteiger partial charge in [0, 0.05) is 35.3 Å². The first-order chi connectivity index (χ1) is 27.9. The number of aryl methyl sites for hydroxylation is 1. The number of carbonyl (C=O) groups excluding carboxylic acids is 5. The topological polar surface area (TPSA) is 220 Å². The van der Waals surface area contributed by atoms with Gasteiger partial charge in [0.1, 0.15) is 11.6 Å². The van der Waals surface area contributed by atoms with Crippen LogP contribution in [0.25, 0.3) is 22.1 Å². The zero-order chi connectivity index (χ0) is 40.7. The van der Waals surface area contributed by atoms with Crippen LogP contribution in [0.5, 0.6) is 0 Å². The van der Waals surface area contributed by atoms with Gasteiger partial charge in [-0.05, 0) is 81.5 Å². The van der Waals surface area contributed by atoms with E-state index in [1.54, 1.807) is 95.6 Å². The number of hydrogen-bond acceptors (Lipinski definition) is 9. The molecule has 2 saturated heterocycles. The van der Waals surface area contributed by atoms with Gasteiger partial charge in [-0.15, -0.1) is 0 Å². The number of carbonyl (C=O) groups is 5. The maximum absolute atomic E-state index is 14.2. The molecule has 6 aromatic rings. The van der Waals surface area contributed by atoms with E-state index < -0.39 is 47.8 Å². The summed E-state index contributed by atoms with van der Waals surface area (Å²) >= 11 is 0. The average Bonchev–Trinajstić information content (AvgIpc) is 4.04. The molecule has 296 valence electrons. The van der Waals surface area contributed by atoms with Crippen molar-refractivity contribution in [3.05, 3.63) is 130 Å². The number of amides is 4. The second-order valence-electron chi connectivity index (χ2n) is 14.9. The number of ether oxygens (including phenoxy) is 2. The minimum atomic E-state index is -1.65. The molecule has 0 radical (unpaired) electrons. The summed E-state index contributed by atoms with van der Waals surface area (Å²) in [6.07, 6.45) is -0.595. The number of rotatable bonds is 10. The molecule has 58 heavy (non-hydrogen) atoms. The predicted octanol–water partition coefficient (Wildman–Crippen LogP) is 6.15. The molecule has 8 rings (SSSR count). The number of nitrogens with one attached hydrogen (secondary N) is 2. The molecule has 0 unspecified atom stereocenters. The molecule has 2 aliphatic heterocycles. The van der Waals surface area contributed by atoms with Gasteiger partial charge < -0.3 is 40.7 Å². The average molecular weight is 783 g/mol. The Labute approximate surface area is 332 Å². The maximum Gasteiger partial charge on any atom is 0.405 e. The summed E-state index contributed by atoms with van der Waals surface area (Å²) in [7, 11) is 0. The molecule has 0 aliphatic carbocycles. The van der Waals surface area contributed by atoms with Crippen LogP contribution >= 0.6 is 0 Å². The van der Waals surface area contributed by atoms with E-state index in [4.69, 9.17) is 30.9 Å². The molecule has 15 heteroatoms. The first kappa shape index (κ1) is 37.9. The van der Waals surface area contributed by atoms with Crippen LogP contribution in [-0.4, -0.2) is 72.6 Å². The standard InChI is InChI=1S/C43H42N8O7/c1-24-10-6-7-13-28(24)43(2,58-42(45)56)40(54)51-21-9-15-34(51)38-47-30-19-17-27(23-32(30)49-38)35(52)26-16-18-29-31(22-26)48-37(46-29)33-14-8-20-50(33)39(53)36(57-41(44)55)25-11-4-3-5-12-25/h3-7,10-13,16-19,22-23,33-34,36H,8-9,14-15,20-21H2,1-2H3,(H2,44,55)(H2,45,56)(H,46,48)(H,47,49)/t33-,34-,36+,43+/m0/s1. The minimum absolute atomic E-state index is 0.224. The monoisotopic (exact) mass is 782 g/mol. The lowest BCUT2D eigenvalue weighted by atomic mass is 9.90. The maximum atomic E-state index is 14.2. The number of fused-ring (bicyclic) bond motifs is 2. The number of nitrogens with zero attached hydrogens (tertiary/aromatic N) is 4. The smallest absolute Gasteiger partial charge is 0.405 e. The van der Waals surface area contributed by atoms with E-state index in [2.05, 4.69) is 9.97 Å². The van der Waals surface area contributed by atoms with Crippen LogP contribution < -0.4 is 11.5 Å². The van der Waals surface area contributed by atoms with Gasteiger partial charge in [0.15, 0.2) is 5.78 Å². The highest BCUT2D eigenvalue weighted by Crippen LogP contribution is 2.39. The lowest BCUT2D eigenvalue weighted by Crippen LogP contribution is -2.48. The lowest BCUT2D eigenvalue weighted by molar-refractivity contribution is -0.152. The largest absolute Gasteiger partial charge is 0.431 e. The van der Waals surface area contributed by atoms with E-state index in [0.29, 0.717) is 88.3 Å². The van der Waals surface area contributed by atoms with E-state index in [0.717, 1.165) is 12.0 Å². The molecule has 2 aliphatic rings. The Balaban J connectivity index is 1.02. The van der Waals surface area contributed by atoms with Gasteiger partial charge in [0.2, 0.25) is 11.7 Å². The highest BCUT2D eigenvalue weighted by Gasteiger charge is 2.47. The normalized spacial score (nSPS) is 18.2. The molecule has 0 saturated carbocycles. The van der Waals surface area contributed by atoms with Crippen LogP contribution in [0.2, 0.25) is 0 Å². The molecule has 4 amide bonds. The van der Waals surface area contributed by atoms with Crippen molar-refractivity contribution in [1.82, 2.24) is 29.7 Å². The van der Waals surface area contributed by atoms with Crippen LogP contribution in [0.1, 0.15) is 95.1 Å². The number of imidazole rings is 2. The van der Waals surface area contributed by atoms with Crippen LogP contribution in [0.4, 0.5) is 9.59 Å². The molecular formula is C43H42N8O7. The van der Waals surface area contributed by atoms with Crippen molar-refractivity contribution in [3.8, 4) is 0 Å². The number of likely N-dealkylation sites (tertiary alicyclic amines) is 2. The molecule has 4 aromatic carbocycles. The van der Waals surface area contributed by atoms with E-state index in [1.807, 2.05) is 19.1 Å². The fraction of sp³-hybridized carbons (Fsp3) is 0.279. The zero-order valence-corrected chi connectivity index (χ0v) is 31.9. The minimum Gasteiger partial charge on any atom is -0.431 e. The van der Waals surface area contributed by atoms with Gasteiger partial charge in [0.05, 0.1) is 34.2 Å². The fourth-order valence-electron chi connectivity index (χ4n) is 8.39. The Hall–Kier alpha value is -7.03. The number of ketones is 1. The summed E-state index contributed by atoms with van der Waals surface area (Å²) in [6.45, 7) is 4.28. The van der Waals surface area contributed by atoms with E-state index in [9.17, 15) is 24.0 Å². The van der Waals surface area contributed by atoms with E-state index >= 15 is 0 Å². The zero-order valence-electron chi connectivity index (χ0n) is 31.9. The number of H-pyrrole nitrogens is 2. The number of primary amides is 2. The first-order valence-electron chi connectivity index (χ1n) is 19.1. The molecule has 4 atom stereocenters. The molecule has 0 bridgehead atoms. The third-order valence-electron chi connectivity index (χ3n) is 11.1. The number of aromatic nitrogens is 4. The van der Waals surface area contributed by atoms with Crippen molar-refractivity contribution in [2.75, 3.05) is 13.1 Å². The van der Waals surface area contributed by atoms with Gasteiger partial charge in [0.25, 0.3) is 11.8 Å². The van der Waals surface area contributed by atoms with Gasteiger partial charge >= 0.3 is 12.2 Å². The molecule has 0 spiro atoms. The Bertz CT molecular complexity index is 2590. The van der Waals surface area contributed by atoms with Crippen LogP contribution in [0.3, 0.4) is 0 Å². The quantitative estimate of drug-likeness (QED) is 0.117. The van der Waals surface area contributed by atoms with Crippen molar-refractivity contribution in [2.45, 2.75) is 63.3 Å². The summed E-state index contributed by atoms with van der Waals surface area (Å²) < 4.78 is 10.8. The van der Waals surface area contributed by atoms with Crippen molar-refractivity contribution in [2.24, 2.45) is 11.5 Å². The molecule has 15 nitrogen and oxygen atoms in total. The van der Waals surface area contributed by atoms with E-state index in [1.165, 1.54) is 0 Å². The Morgan fingerprint density at radius 2 is 1.29 bits per heavy atom. The Morgan fingerprint density at radius 3 is 1.86 bits per heavy atom. The van der Waals surface area contributed by atoms with Gasteiger partial charge in [-0.2, -0.15) is 0 Å². The van der Waals surface area contributed by atoms with Gasteiger partial charge in [-0.3, -0.25) is 14.4 Å². The van der Waals surface area contributed by atoms with Crippen LogP contribution in [0.15, 0.2) is 91.0 Å². The number of aromatic amines is 2. The van der Waals surface area contributed by atoms with E-state index in [-0.39, 0.29) is 5.78 Å². The molecular weight excluding hydrogens is 741 g/mol. The highest BCUT2D eigenvalue weighted by atomic mass is 16.6. The van der Waals surface area contributed by atoms with Crippen molar-refractivity contribution >= 4 is 51.9 Å². The summed E-state index contributed by atoms with van der Waals surface area (Å²) in [5, 5.41) is 0. The number of benzene rings is 4. The van der Waals surface area contributed by atoms with Gasteiger partial charge in [-0.25, -0.2) is 19.6 Å². The SMILES string of the molecule is Cc1ccccc1[C@@](C)(OC(N)=O)C(=O)N1CCC[C@H]1c1nc2ccc(C(=O)c3ccc4nc([C@@H]5CCCN5C(=O)[C@H](OC(N)=O)c5ccccc5)[nH]c4c3)cc2[nH]1. The third-order valence-corrected chi connectivity index (χ3v) is 11.1. The van der Waals surface area contributed by atoms with Crippen molar-refractivity contribution in [1.29, 1.82) is 0 Å². The third kappa shape index (κ3) is 6.99. The first-order valence-corrected chi connectivity index (χ1v) is 19.1.